The molecule has 0 saturated carbocycles. The van der Waals surface area contributed by atoms with Gasteiger partial charge in [-0.3, -0.25) is 9.63 Å². The molecule has 1 aliphatic rings. The second-order valence-corrected chi connectivity index (χ2v) is 6.60. The molecule has 1 aromatic carbocycles. The number of benzene rings is 1. The van der Waals surface area contributed by atoms with Crippen LogP contribution in [0.25, 0.3) is 0 Å². The smallest absolute Gasteiger partial charge is 0.266 e. The molecule has 4 nitrogen and oxygen atoms in total. The topological polar surface area (TPSA) is 46.6 Å². The summed E-state index contributed by atoms with van der Waals surface area (Å²) in [5.74, 6) is 1.33. The van der Waals surface area contributed by atoms with E-state index in [0.29, 0.717) is 6.42 Å². The Morgan fingerprint density at radius 3 is 2.40 bits per heavy atom. The third kappa shape index (κ3) is 3.18. The first-order chi connectivity index (χ1) is 9.31. The van der Waals surface area contributed by atoms with E-state index in [1.165, 1.54) is 5.06 Å². The molecule has 2 rings (SSSR count). The van der Waals surface area contributed by atoms with Crippen molar-refractivity contribution in [3.05, 3.63) is 39.9 Å². The summed E-state index contributed by atoms with van der Waals surface area (Å²) in [5.41, 5.74) is 0.542. The molecule has 1 aliphatic heterocycles. The van der Waals surface area contributed by atoms with Crippen LogP contribution in [0, 0.1) is 0 Å². The minimum Gasteiger partial charge on any atom is -0.266 e. The quantitative estimate of drug-likeness (QED) is 0.614. The van der Waals surface area contributed by atoms with Crippen LogP contribution in [0.3, 0.4) is 0 Å². The van der Waals surface area contributed by atoms with Crippen molar-refractivity contribution in [2.75, 3.05) is 0 Å². The van der Waals surface area contributed by atoms with Crippen LogP contribution in [0.2, 0.25) is 0 Å². The normalized spacial score (nSPS) is 19.4. The summed E-state index contributed by atoms with van der Waals surface area (Å²) in [6.45, 7) is 5.59. The van der Waals surface area contributed by atoms with E-state index >= 15 is 0 Å². The van der Waals surface area contributed by atoms with Crippen molar-refractivity contribution in [1.82, 2.24) is 5.06 Å². The fourth-order valence-corrected chi connectivity index (χ4v) is 2.33. The summed E-state index contributed by atoms with van der Waals surface area (Å²) >= 11 is 3.38. The van der Waals surface area contributed by atoms with E-state index in [2.05, 4.69) is 15.9 Å². The van der Waals surface area contributed by atoms with Crippen molar-refractivity contribution in [3.63, 3.8) is 0 Å². The van der Waals surface area contributed by atoms with Crippen LogP contribution >= 0.6 is 15.9 Å². The van der Waals surface area contributed by atoms with Crippen LogP contribution in [0.15, 0.2) is 34.3 Å². The molecule has 20 heavy (non-hydrogen) atoms. The minimum absolute atomic E-state index is 0.127. The van der Waals surface area contributed by atoms with E-state index in [1.807, 2.05) is 45.0 Å². The lowest BCUT2D eigenvalue weighted by molar-refractivity contribution is -0.233. The molecule has 0 radical (unpaired) electrons. The highest BCUT2D eigenvalue weighted by Gasteiger charge is 2.40. The van der Waals surface area contributed by atoms with Crippen LogP contribution in [0.4, 0.5) is 0 Å². The van der Waals surface area contributed by atoms with Crippen LogP contribution in [0.5, 0.6) is 0 Å². The maximum Gasteiger partial charge on any atom is 0.285 e. The first-order valence-electron chi connectivity index (χ1n) is 6.34. The van der Waals surface area contributed by atoms with Crippen LogP contribution in [-0.2, 0) is 14.4 Å². The molecule has 0 N–H and O–H groups in total. The molecule has 0 bridgehead atoms. The molecule has 5 heteroatoms. The van der Waals surface area contributed by atoms with Gasteiger partial charge < -0.3 is 0 Å². The molecule has 106 valence electrons. The van der Waals surface area contributed by atoms with Crippen molar-refractivity contribution in [2.24, 2.45) is 0 Å². The summed E-state index contributed by atoms with van der Waals surface area (Å²) in [4.78, 5) is 28.8. The predicted octanol–water partition coefficient (Wildman–Crippen LogP) is 3.21. The van der Waals surface area contributed by atoms with Crippen molar-refractivity contribution < 1.29 is 14.4 Å². The zero-order chi connectivity index (χ0) is 14.9. The summed E-state index contributed by atoms with van der Waals surface area (Å²) < 4.78 is 0.958. The molecule has 1 unspecified atom stereocenters. The second kappa shape index (κ2) is 5.52. The molecule has 1 atom stereocenters. The first-order valence-corrected chi connectivity index (χ1v) is 7.13. The van der Waals surface area contributed by atoms with Gasteiger partial charge in [-0.1, -0.05) is 28.1 Å². The van der Waals surface area contributed by atoms with Crippen molar-refractivity contribution in [2.45, 2.75) is 38.8 Å². The molecule has 1 heterocycles. The maximum atomic E-state index is 12.2. The lowest BCUT2D eigenvalue weighted by Gasteiger charge is -2.30. The third-order valence-corrected chi connectivity index (χ3v) is 3.42. The summed E-state index contributed by atoms with van der Waals surface area (Å²) in [7, 11) is 0. The van der Waals surface area contributed by atoms with Crippen LogP contribution in [-0.4, -0.2) is 22.5 Å². The zero-order valence-electron chi connectivity index (χ0n) is 11.6. The highest BCUT2D eigenvalue weighted by Crippen LogP contribution is 2.37. The Kier molecular flexibility index (Phi) is 4.14. The van der Waals surface area contributed by atoms with Crippen LogP contribution < -0.4 is 0 Å². The van der Waals surface area contributed by atoms with Crippen molar-refractivity contribution in [1.29, 1.82) is 0 Å². The highest BCUT2D eigenvalue weighted by molar-refractivity contribution is 9.10. The lowest BCUT2D eigenvalue weighted by atomic mass is 10.0. The van der Waals surface area contributed by atoms with E-state index in [0.717, 1.165) is 10.0 Å². The molecular formula is C15H16BrNO3. The van der Waals surface area contributed by atoms with E-state index in [9.17, 15) is 9.59 Å². The SMILES string of the molecule is CC(C)(C)ON1C(=O)C(=C=O)CC1c1ccc(Br)cc1. The van der Waals surface area contributed by atoms with Crippen molar-refractivity contribution >= 4 is 27.8 Å². The molecule has 0 aliphatic carbocycles. The minimum atomic E-state index is -0.512. The predicted molar refractivity (Wildman–Crippen MR) is 78.4 cm³/mol. The lowest BCUT2D eigenvalue weighted by Crippen LogP contribution is -2.36. The van der Waals surface area contributed by atoms with Gasteiger partial charge in [0.2, 0.25) is 0 Å². The van der Waals surface area contributed by atoms with Gasteiger partial charge in [0.15, 0.2) is 0 Å². The number of halogens is 1. The number of nitrogens with zero attached hydrogens (tertiary/aromatic N) is 1. The van der Waals surface area contributed by atoms with E-state index in [1.54, 1.807) is 5.94 Å². The van der Waals surface area contributed by atoms with Gasteiger partial charge in [-0.15, -0.1) is 0 Å². The molecule has 0 spiro atoms. The molecule has 0 aromatic heterocycles. The number of hydrogen-bond donors (Lipinski definition) is 0. The molecule has 1 saturated heterocycles. The van der Waals surface area contributed by atoms with E-state index in [-0.39, 0.29) is 11.6 Å². The standard InChI is InChI=1S/C15H16BrNO3/c1-15(2,3)20-17-13(8-11(9-18)14(17)19)10-4-6-12(16)7-5-10/h4-7,13H,8H2,1-3H3. The molecule has 1 fully saturated rings. The number of hydroxylamine groups is 2. The molecule has 1 amide bonds. The van der Waals surface area contributed by atoms with Gasteiger partial charge in [0, 0.05) is 10.9 Å². The van der Waals surface area contributed by atoms with Gasteiger partial charge in [0.1, 0.15) is 11.5 Å². The Bertz CT molecular complexity index is 568. The van der Waals surface area contributed by atoms with Crippen molar-refractivity contribution in [3.8, 4) is 0 Å². The average molecular weight is 338 g/mol. The van der Waals surface area contributed by atoms with Gasteiger partial charge in [-0.25, -0.2) is 9.86 Å². The third-order valence-electron chi connectivity index (χ3n) is 2.89. The van der Waals surface area contributed by atoms with Gasteiger partial charge >= 0.3 is 0 Å². The molecule has 1 aromatic rings. The maximum absolute atomic E-state index is 12.2. The van der Waals surface area contributed by atoms with Gasteiger partial charge in [0.05, 0.1) is 11.6 Å². The number of carbonyl (C=O) groups excluding carboxylic acids is 2. The Morgan fingerprint density at radius 2 is 1.90 bits per heavy atom. The number of hydrogen-bond acceptors (Lipinski definition) is 3. The van der Waals surface area contributed by atoms with Gasteiger partial charge in [0.25, 0.3) is 5.91 Å². The van der Waals surface area contributed by atoms with E-state index in [4.69, 9.17) is 4.84 Å². The summed E-state index contributed by atoms with van der Waals surface area (Å²) in [6, 6.07) is 7.34. The fourth-order valence-electron chi connectivity index (χ4n) is 2.06. The summed E-state index contributed by atoms with van der Waals surface area (Å²) in [6.07, 6.45) is 0.319. The Hall–Kier alpha value is -1.42. The Labute approximate surface area is 126 Å². The Morgan fingerprint density at radius 1 is 1.30 bits per heavy atom. The zero-order valence-corrected chi connectivity index (χ0v) is 13.2. The number of amides is 1. The highest BCUT2D eigenvalue weighted by atomic mass is 79.9. The second-order valence-electron chi connectivity index (χ2n) is 5.69. The number of rotatable bonds is 2. The van der Waals surface area contributed by atoms with Crippen LogP contribution in [0.1, 0.15) is 38.8 Å². The summed E-state index contributed by atoms with van der Waals surface area (Å²) in [5, 5.41) is 1.30. The van der Waals surface area contributed by atoms with Gasteiger partial charge in [-0.05, 0) is 38.5 Å². The van der Waals surface area contributed by atoms with E-state index < -0.39 is 11.5 Å². The monoisotopic (exact) mass is 337 g/mol. The number of carbonyl (C=O) groups is 1. The molecular weight excluding hydrogens is 322 g/mol. The average Bonchev–Trinajstić information content (AvgIpc) is 2.66. The van der Waals surface area contributed by atoms with Gasteiger partial charge in [-0.2, -0.15) is 0 Å². The fraction of sp³-hybridized carbons (Fsp3) is 0.400. The largest absolute Gasteiger partial charge is 0.285 e. The first kappa shape index (κ1) is 15.0. The Balaban J connectivity index is 2.36.